The van der Waals surface area contributed by atoms with E-state index in [2.05, 4.69) is 0 Å². The highest BCUT2D eigenvalue weighted by Crippen LogP contribution is 2.23. The molecule has 1 aromatic rings. The Balaban J connectivity index is 2.11. The molecule has 0 saturated carbocycles. The maximum atomic E-state index is 11.5. The number of rotatable bonds is 4. The van der Waals surface area contributed by atoms with Crippen molar-refractivity contribution in [2.24, 2.45) is 0 Å². The van der Waals surface area contributed by atoms with Crippen LogP contribution in [0.5, 0.6) is 5.75 Å². The summed E-state index contributed by atoms with van der Waals surface area (Å²) in [5, 5.41) is 8.88. The summed E-state index contributed by atoms with van der Waals surface area (Å²) in [4.78, 5) is 11.5. The van der Waals surface area contributed by atoms with Crippen molar-refractivity contribution in [3.05, 3.63) is 29.8 Å². The number of carbonyl (C=O) groups excluding carboxylic acids is 1. The molecule has 1 heterocycles. The number of hydrogen-bond acceptors (Lipinski definition) is 4. The monoisotopic (exact) mass is 236 g/mol. The van der Waals surface area contributed by atoms with Crippen LogP contribution in [0.1, 0.15) is 29.6 Å². The summed E-state index contributed by atoms with van der Waals surface area (Å²) in [6.07, 6.45) is 2.68. The van der Waals surface area contributed by atoms with Gasteiger partial charge in [0.1, 0.15) is 12.4 Å². The third kappa shape index (κ3) is 3.05. The molecule has 1 fully saturated rings. The molecule has 1 aromatic carbocycles. The van der Waals surface area contributed by atoms with Gasteiger partial charge in [-0.05, 0) is 25.0 Å². The molecule has 1 atom stereocenters. The van der Waals surface area contributed by atoms with E-state index in [-0.39, 0.29) is 12.1 Å². The lowest BCUT2D eigenvalue weighted by Crippen LogP contribution is -2.25. The Bertz CT molecular complexity index is 383. The highest BCUT2D eigenvalue weighted by atomic mass is 16.7. The predicted octanol–water partition coefficient (Wildman–Crippen LogP) is 1.77. The lowest BCUT2D eigenvalue weighted by molar-refractivity contribution is -0.106. The SMILES string of the molecule is O=C(CO)c1ccccc1OC1CCCCO1. The average molecular weight is 236 g/mol. The third-order valence-electron chi connectivity index (χ3n) is 2.73. The van der Waals surface area contributed by atoms with Crippen molar-refractivity contribution in [1.29, 1.82) is 0 Å². The van der Waals surface area contributed by atoms with Gasteiger partial charge in [-0.2, -0.15) is 0 Å². The molecular weight excluding hydrogens is 220 g/mol. The Hall–Kier alpha value is -1.39. The fourth-order valence-electron chi connectivity index (χ4n) is 1.83. The van der Waals surface area contributed by atoms with Crippen molar-refractivity contribution < 1.29 is 19.4 Å². The summed E-state index contributed by atoms with van der Waals surface area (Å²) in [7, 11) is 0. The van der Waals surface area contributed by atoms with Crippen LogP contribution >= 0.6 is 0 Å². The molecule has 0 amide bonds. The minimum Gasteiger partial charge on any atom is -0.464 e. The summed E-state index contributed by atoms with van der Waals surface area (Å²) >= 11 is 0. The minimum absolute atomic E-state index is 0.281. The lowest BCUT2D eigenvalue weighted by Gasteiger charge is -2.24. The highest BCUT2D eigenvalue weighted by Gasteiger charge is 2.18. The lowest BCUT2D eigenvalue weighted by atomic mass is 10.1. The van der Waals surface area contributed by atoms with E-state index < -0.39 is 6.61 Å². The summed E-state index contributed by atoms with van der Waals surface area (Å²) in [5.41, 5.74) is 0.407. The van der Waals surface area contributed by atoms with Crippen LogP contribution in [0.25, 0.3) is 0 Å². The molecule has 0 bridgehead atoms. The summed E-state index contributed by atoms with van der Waals surface area (Å²) in [6, 6.07) is 6.92. The Morgan fingerprint density at radius 1 is 1.41 bits per heavy atom. The number of ketones is 1. The summed E-state index contributed by atoms with van der Waals surface area (Å²) in [6.45, 7) is 0.187. The van der Waals surface area contributed by atoms with Crippen LogP contribution < -0.4 is 4.74 Å². The zero-order chi connectivity index (χ0) is 12.1. The maximum absolute atomic E-state index is 11.5. The molecule has 0 aliphatic carbocycles. The van der Waals surface area contributed by atoms with Gasteiger partial charge in [0.05, 0.1) is 12.2 Å². The number of aliphatic hydroxyl groups is 1. The van der Waals surface area contributed by atoms with Crippen LogP contribution in [-0.2, 0) is 4.74 Å². The van der Waals surface area contributed by atoms with E-state index in [4.69, 9.17) is 14.6 Å². The molecule has 1 aliphatic rings. The molecule has 1 saturated heterocycles. The van der Waals surface area contributed by atoms with Crippen LogP contribution in [0.2, 0.25) is 0 Å². The molecule has 92 valence electrons. The first-order valence-electron chi connectivity index (χ1n) is 5.82. The molecule has 4 nitrogen and oxygen atoms in total. The van der Waals surface area contributed by atoms with E-state index in [1.54, 1.807) is 24.3 Å². The molecule has 0 spiro atoms. The van der Waals surface area contributed by atoms with Gasteiger partial charge in [-0.3, -0.25) is 4.79 Å². The van der Waals surface area contributed by atoms with Gasteiger partial charge < -0.3 is 14.6 Å². The van der Waals surface area contributed by atoms with Gasteiger partial charge in [0.2, 0.25) is 0 Å². The Morgan fingerprint density at radius 3 is 2.94 bits per heavy atom. The molecule has 1 N–H and O–H groups in total. The zero-order valence-corrected chi connectivity index (χ0v) is 9.59. The molecule has 1 aliphatic heterocycles. The quantitative estimate of drug-likeness (QED) is 0.809. The van der Waals surface area contributed by atoms with Crippen LogP contribution in [0.15, 0.2) is 24.3 Å². The van der Waals surface area contributed by atoms with Crippen molar-refractivity contribution in [3.8, 4) is 5.75 Å². The van der Waals surface area contributed by atoms with Crippen LogP contribution in [0.4, 0.5) is 0 Å². The second kappa shape index (κ2) is 5.80. The van der Waals surface area contributed by atoms with E-state index in [1.807, 2.05) is 0 Å². The zero-order valence-electron chi connectivity index (χ0n) is 9.59. The molecule has 2 rings (SSSR count). The maximum Gasteiger partial charge on any atom is 0.199 e. The highest BCUT2D eigenvalue weighted by molar-refractivity contribution is 5.99. The fourth-order valence-corrected chi connectivity index (χ4v) is 1.83. The smallest absolute Gasteiger partial charge is 0.199 e. The number of Topliss-reactive ketones (excluding diaryl/α,β-unsaturated/α-hetero) is 1. The average Bonchev–Trinajstić information content (AvgIpc) is 2.40. The van der Waals surface area contributed by atoms with Crippen LogP contribution in [-0.4, -0.2) is 30.4 Å². The Labute approximate surface area is 100 Å². The van der Waals surface area contributed by atoms with Crippen LogP contribution in [0.3, 0.4) is 0 Å². The number of ether oxygens (including phenoxy) is 2. The minimum atomic E-state index is -0.508. The van der Waals surface area contributed by atoms with Crippen molar-refractivity contribution in [3.63, 3.8) is 0 Å². The summed E-state index contributed by atoms with van der Waals surface area (Å²) < 4.78 is 11.1. The predicted molar refractivity (Wildman–Crippen MR) is 62.1 cm³/mol. The number of benzene rings is 1. The second-order valence-electron chi connectivity index (χ2n) is 3.99. The van der Waals surface area contributed by atoms with Crippen LogP contribution in [0, 0.1) is 0 Å². The normalized spacial score (nSPS) is 19.9. The first-order chi connectivity index (χ1) is 8.31. The largest absolute Gasteiger partial charge is 0.464 e. The fraction of sp³-hybridized carbons (Fsp3) is 0.462. The third-order valence-corrected chi connectivity index (χ3v) is 2.73. The van der Waals surface area contributed by atoms with Gasteiger partial charge in [0.25, 0.3) is 0 Å². The van der Waals surface area contributed by atoms with E-state index >= 15 is 0 Å². The molecule has 0 aromatic heterocycles. The van der Waals surface area contributed by atoms with Gasteiger partial charge in [-0.15, -0.1) is 0 Å². The number of aliphatic hydroxyl groups excluding tert-OH is 1. The number of para-hydroxylation sites is 1. The summed E-state index contributed by atoms with van der Waals surface area (Å²) in [5.74, 6) is 0.148. The Kier molecular flexibility index (Phi) is 4.12. The van der Waals surface area contributed by atoms with Crippen molar-refractivity contribution in [2.75, 3.05) is 13.2 Å². The second-order valence-corrected chi connectivity index (χ2v) is 3.99. The van der Waals surface area contributed by atoms with Gasteiger partial charge in [0, 0.05) is 6.42 Å². The van der Waals surface area contributed by atoms with Crippen molar-refractivity contribution >= 4 is 5.78 Å². The number of carbonyl (C=O) groups is 1. The van der Waals surface area contributed by atoms with Crippen molar-refractivity contribution in [2.45, 2.75) is 25.6 Å². The molecule has 4 heteroatoms. The van der Waals surface area contributed by atoms with E-state index in [0.717, 1.165) is 19.3 Å². The molecule has 1 unspecified atom stereocenters. The molecule has 0 radical (unpaired) electrons. The van der Waals surface area contributed by atoms with Gasteiger partial charge in [0.15, 0.2) is 12.1 Å². The van der Waals surface area contributed by atoms with E-state index in [1.165, 1.54) is 0 Å². The molecule has 17 heavy (non-hydrogen) atoms. The standard InChI is InChI=1S/C13H16O4/c14-9-11(15)10-5-1-2-6-12(10)17-13-7-3-4-8-16-13/h1-2,5-6,13-14H,3-4,7-9H2. The van der Waals surface area contributed by atoms with Gasteiger partial charge in [-0.1, -0.05) is 12.1 Å². The van der Waals surface area contributed by atoms with Gasteiger partial charge in [-0.25, -0.2) is 0 Å². The first-order valence-corrected chi connectivity index (χ1v) is 5.82. The number of hydrogen-bond donors (Lipinski definition) is 1. The van der Waals surface area contributed by atoms with E-state index in [9.17, 15) is 4.79 Å². The Morgan fingerprint density at radius 2 is 2.24 bits per heavy atom. The van der Waals surface area contributed by atoms with E-state index in [0.29, 0.717) is 17.9 Å². The van der Waals surface area contributed by atoms with Crippen molar-refractivity contribution in [1.82, 2.24) is 0 Å². The first kappa shape index (κ1) is 12.1. The topological polar surface area (TPSA) is 55.8 Å². The molecular formula is C13H16O4. The van der Waals surface area contributed by atoms with Gasteiger partial charge >= 0.3 is 0 Å².